The van der Waals surface area contributed by atoms with Crippen molar-refractivity contribution < 1.29 is 9.59 Å². The lowest BCUT2D eigenvalue weighted by atomic mass is 9.82. The van der Waals surface area contributed by atoms with E-state index in [4.69, 9.17) is 17.1 Å². The number of halogens is 1. The summed E-state index contributed by atoms with van der Waals surface area (Å²) in [5.74, 6) is -0.341. The van der Waals surface area contributed by atoms with E-state index in [1.165, 1.54) is 11.3 Å². The number of fused-ring (bicyclic) bond motifs is 2. The highest BCUT2D eigenvalue weighted by molar-refractivity contribution is 7.13. The first-order valence-electron chi connectivity index (χ1n) is 12.0. The van der Waals surface area contributed by atoms with Crippen LogP contribution in [-0.2, 0) is 13.0 Å². The number of nitrogens with one attached hydrogen (secondary N) is 3. The molecule has 1 fully saturated rings. The van der Waals surface area contributed by atoms with Crippen molar-refractivity contribution in [3.05, 3.63) is 61.0 Å². The fourth-order valence-corrected chi connectivity index (χ4v) is 6.30. The number of aromatic amines is 1. The number of H-pyrrole nitrogens is 1. The molecule has 3 heterocycles. The summed E-state index contributed by atoms with van der Waals surface area (Å²) in [6.07, 6.45) is 2.89. The normalized spacial score (nSPS) is 22.0. The van der Waals surface area contributed by atoms with Crippen molar-refractivity contribution in [1.29, 1.82) is 0 Å². The van der Waals surface area contributed by atoms with Gasteiger partial charge in [0, 0.05) is 63.9 Å². The summed E-state index contributed by atoms with van der Waals surface area (Å²) >= 11 is 7.51. The minimum Gasteiger partial charge on any atom is -0.351 e. The molecule has 0 bridgehead atoms. The third-order valence-electron chi connectivity index (χ3n) is 6.94. The van der Waals surface area contributed by atoms with Crippen LogP contribution >= 0.6 is 22.9 Å². The topological polar surface area (TPSA) is 139 Å². The van der Waals surface area contributed by atoms with Gasteiger partial charge in [0.2, 0.25) is 0 Å². The van der Waals surface area contributed by atoms with Crippen LogP contribution in [-0.4, -0.2) is 58.9 Å². The fourth-order valence-electron chi connectivity index (χ4n) is 5.03. The number of carbonyl (C=O) groups excluding carboxylic acids is 2. The number of aromatic nitrogens is 2. The summed E-state index contributed by atoms with van der Waals surface area (Å²) < 4.78 is 0. The number of likely N-dealkylation sites (N-methyl/N-ethyl adjacent to an activating group) is 1. The molecule has 3 atom stereocenters. The Morgan fingerprint density at radius 1 is 1.28 bits per heavy atom. The van der Waals surface area contributed by atoms with Crippen LogP contribution in [0.4, 0.5) is 0 Å². The number of nitrogens with zero attached hydrogens (tertiary/aromatic N) is 5. The molecule has 2 aliphatic rings. The number of hydrogen-bond donors (Lipinski definition) is 3. The average molecular weight is 527 g/mol. The van der Waals surface area contributed by atoms with Crippen molar-refractivity contribution in [2.45, 2.75) is 44.3 Å². The van der Waals surface area contributed by atoms with Crippen molar-refractivity contribution in [3.63, 3.8) is 0 Å². The molecule has 5 rings (SSSR count). The van der Waals surface area contributed by atoms with Crippen LogP contribution in [0.1, 0.15) is 50.1 Å². The zero-order valence-corrected chi connectivity index (χ0v) is 21.4. The third kappa shape index (κ3) is 5.34. The van der Waals surface area contributed by atoms with Crippen molar-refractivity contribution >= 4 is 45.7 Å². The molecule has 1 aromatic carbocycles. The number of benzene rings is 1. The number of rotatable bonds is 6. The van der Waals surface area contributed by atoms with Crippen LogP contribution in [0.3, 0.4) is 0 Å². The minimum atomic E-state index is -0.309. The molecular weight excluding hydrogens is 500 g/mol. The lowest BCUT2D eigenvalue weighted by Gasteiger charge is -2.36. The van der Waals surface area contributed by atoms with E-state index in [0.717, 1.165) is 47.4 Å². The number of hydrogen-bond acceptors (Lipinski definition) is 6. The van der Waals surface area contributed by atoms with Crippen LogP contribution in [0.15, 0.2) is 29.4 Å². The minimum absolute atomic E-state index is 0.132. The standard InChI is InChI=1S/C24H27ClN8O2S/c1-33-7-6-18-21(12-33)36-24(31-18)23(35)30-19-8-13(11-27-32-26)2-4-17(19)29-22(34)20-10-14-9-15(25)3-5-16(14)28-20/h3,5,9-10,13,17,19,28H,2,4,6-8,11-12H2,1H3,(H,29,34)(H,30,35)/t13-,17-,19+/m0/s1. The molecule has 10 nitrogen and oxygen atoms in total. The van der Waals surface area contributed by atoms with E-state index in [1.54, 1.807) is 18.2 Å². The Labute approximate surface area is 217 Å². The van der Waals surface area contributed by atoms with Crippen molar-refractivity contribution in [3.8, 4) is 0 Å². The van der Waals surface area contributed by atoms with Crippen LogP contribution in [0.5, 0.6) is 0 Å². The predicted octanol–water partition coefficient (Wildman–Crippen LogP) is 4.27. The monoisotopic (exact) mass is 526 g/mol. The molecule has 3 aromatic rings. The van der Waals surface area contributed by atoms with Gasteiger partial charge in [0.25, 0.3) is 11.8 Å². The predicted molar refractivity (Wildman–Crippen MR) is 139 cm³/mol. The Bertz CT molecular complexity index is 1350. The molecule has 2 aromatic heterocycles. The summed E-state index contributed by atoms with van der Waals surface area (Å²) in [6.45, 7) is 2.09. The first-order valence-corrected chi connectivity index (χ1v) is 13.2. The van der Waals surface area contributed by atoms with Gasteiger partial charge in [0.1, 0.15) is 5.69 Å². The van der Waals surface area contributed by atoms with Gasteiger partial charge in [-0.2, -0.15) is 0 Å². The molecule has 0 radical (unpaired) electrons. The van der Waals surface area contributed by atoms with Crippen molar-refractivity contribution in [2.75, 3.05) is 20.1 Å². The van der Waals surface area contributed by atoms with Gasteiger partial charge >= 0.3 is 0 Å². The quantitative estimate of drug-likeness (QED) is 0.250. The maximum atomic E-state index is 13.2. The molecule has 3 N–H and O–H groups in total. The average Bonchev–Trinajstić information content (AvgIpc) is 3.47. The van der Waals surface area contributed by atoms with Gasteiger partial charge < -0.3 is 20.5 Å². The molecule has 1 aliphatic heterocycles. The molecule has 0 spiro atoms. The SMILES string of the molecule is CN1CCc2nc(C(=O)N[C@@H]3C[C@@H](CN=[N+]=[N-])CC[C@@H]3NC(=O)c3cc4cc(Cl)ccc4[nH]3)sc2C1. The first kappa shape index (κ1) is 24.6. The van der Waals surface area contributed by atoms with Crippen molar-refractivity contribution in [2.24, 2.45) is 11.0 Å². The highest BCUT2D eigenvalue weighted by Gasteiger charge is 2.34. The van der Waals surface area contributed by atoms with Crippen molar-refractivity contribution in [1.82, 2.24) is 25.5 Å². The number of carbonyl (C=O) groups is 2. The van der Waals surface area contributed by atoms with Gasteiger partial charge in [-0.05, 0) is 62.0 Å². The van der Waals surface area contributed by atoms with Gasteiger partial charge in [0.15, 0.2) is 5.01 Å². The second-order valence-corrected chi connectivity index (χ2v) is 11.1. The Kier molecular flexibility index (Phi) is 7.15. The van der Waals surface area contributed by atoms with Crippen LogP contribution < -0.4 is 10.6 Å². The molecule has 1 saturated carbocycles. The second-order valence-electron chi connectivity index (χ2n) is 9.54. The summed E-state index contributed by atoms with van der Waals surface area (Å²) in [5.41, 5.74) is 11.0. The van der Waals surface area contributed by atoms with Gasteiger partial charge in [-0.3, -0.25) is 9.59 Å². The molecule has 1 aliphatic carbocycles. The Balaban J connectivity index is 1.32. The maximum absolute atomic E-state index is 13.2. The summed E-state index contributed by atoms with van der Waals surface area (Å²) in [4.78, 5) is 40.3. The smallest absolute Gasteiger partial charge is 0.280 e. The summed E-state index contributed by atoms with van der Waals surface area (Å²) in [6, 6.07) is 6.61. The molecule has 0 saturated heterocycles. The maximum Gasteiger partial charge on any atom is 0.280 e. The molecule has 0 unspecified atom stereocenters. The van der Waals surface area contributed by atoms with E-state index >= 15 is 0 Å². The highest BCUT2D eigenvalue weighted by atomic mass is 35.5. The number of thiazole rings is 1. The lowest BCUT2D eigenvalue weighted by molar-refractivity contribution is 0.0843. The molecule has 188 valence electrons. The zero-order chi connectivity index (χ0) is 25.2. The molecular formula is C24H27ClN8O2S. The Morgan fingerprint density at radius 2 is 2.11 bits per heavy atom. The van der Waals surface area contributed by atoms with Gasteiger partial charge in [-0.1, -0.05) is 16.7 Å². The molecule has 12 heteroatoms. The summed E-state index contributed by atoms with van der Waals surface area (Å²) in [5, 5.41) is 11.9. The van der Waals surface area contributed by atoms with E-state index in [2.05, 4.69) is 42.6 Å². The van der Waals surface area contributed by atoms with E-state index in [1.807, 2.05) is 6.07 Å². The second kappa shape index (κ2) is 10.5. The molecule has 36 heavy (non-hydrogen) atoms. The number of azide groups is 1. The fraction of sp³-hybridized carbons (Fsp3) is 0.458. The highest BCUT2D eigenvalue weighted by Crippen LogP contribution is 2.28. The lowest BCUT2D eigenvalue weighted by Crippen LogP contribution is -2.54. The van der Waals surface area contributed by atoms with Crippen LogP contribution in [0, 0.1) is 5.92 Å². The van der Waals surface area contributed by atoms with Gasteiger partial charge in [0.05, 0.1) is 5.69 Å². The Morgan fingerprint density at radius 3 is 2.94 bits per heavy atom. The van der Waals surface area contributed by atoms with Crippen LogP contribution in [0.2, 0.25) is 5.02 Å². The van der Waals surface area contributed by atoms with E-state index in [0.29, 0.717) is 35.1 Å². The van der Waals surface area contributed by atoms with Gasteiger partial charge in [-0.15, -0.1) is 11.3 Å². The zero-order valence-electron chi connectivity index (χ0n) is 19.8. The molecule has 2 amide bonds. The Hall–Kier alpha value is -3.11. The van der Waals surface area contributed by atoms with E-state index in [-0.39, 0.29) is 29.8 Å². The largest absolute Gasteiger partial charge is 0.351 e. The van der Waals surface area contributed by atoms with E-state index in [9.17, 15) is 9.59 Å². The summed E-state index contributed by atoms with van der Waals surface area (Å²) in [7, 11) is 2.06. The third-order valence-corrected chi connectivity index (χ3v) is 8.25. The van der Waals surface area contributed by atoms with Gasteiger partial charge in [-0.25, -0.2) is 4.98 Å². The van der Waals surface area contributed by atoms with E-state index < -0.39 is 0 Å². The van der Waals surface area contributed by atoms with Crippen LogP contribution in [0.25, 0.3) is 21.3 Å². The first-order chi connectivity index (χ1) is 17.4. The number of amides is 2.